The first-order chi connectivity index (χ1) is 10.8. The lowest BCUT2D eigenvalue weighted by molar-refractivity contribution is -0.393. The molecule has 9 atom stereocenters. The van der Waals surface area contributed by atoms with Gasteiger partial charge < -0.3 is 55.1 Å². The van der Waals surface area contributed by atoms with E-state index in [1.165, 1.54) is 0 Å². The quantitative estimate of drug-likeness (QED) is 0.243. The molecule has 0 aliphatic carbocycles. The fraction of sp³-hybridized carbons (Fsp3) is 1.00. The minimum atomic E-state index is -2.22. The van der Waals surface area contributed by atoms with E-state index in [4.69, 9.17) is 14.2 Å². The molecule has 2 fully saturated rings. The second-order valence-electron chi connectivity index (χ2n) is 5.60. The van der Waals surface area contributed by atoms with Crippen molar-refractivity contribution >= 4 is 0 Å². The average molecular weight is 342 g/mol. The molecule has 0 spiro atoms. The molecule has 2 heterocycles. The number of aliphatic hydroxyl groups is 8. The summed E-state index contributed by atoms with van der Waals surface area (Å²) in [6.45, 7) is -2.15. The van der Waals surface area contributed by atoms with Crippen molar-refractivity contribution in [2.45, 2.75) is 54.8 Å². The Morgan fingerprint density at radius 1 is 0.957 bits per heavy atom. The third-order valence-corrected chi connectivity index (χ3v) is 4.06. The summed E-state index contributed by atoms with van der Waals surface area (Å²) in [7, 11) is 0. The second kappa shape index (κ2) is 7.21. The van der Waals surface area contributed by atoms with E-state index in [0.717, 1.165) is 0 Å². The molecule has 23 heavy (non-hydrogen) atoms. The number of hydrogen-bond donors (Lipinski definition) is 8. The van der Waals surface area contributed by atoms with E-state index in [1.54, 1.807) is 0 Å². The van der Waals surface area contributed by atoms with Crippen LogP contribution in [0, 0.1) is 0 Å². The van der Waals surface area contributed by atoms with Crippen LogP contribution in [0.1, 0.15) is 0 Å². The summed E-state index contributed by atoms with van der Waals surface area (Å²) in [5.41, 5.74) is 0. The Morgan fingerprint density at radius 3 is 2.17 bits per heavy atom. The summed E-state index contributed by atoms with van der Waals surface area (Å²) in [6.07, 6.45) is -13.1. The molecule has 2 aliphatic heterocycles. The summed E-state index contributed by atoms with van der Waals surface area (Å²) in [5, 5.41) is 77.0. The molecule has 0 amide bonds. The molecule has 8 N–H and O–H groups in total. The van der Waals surface area contributed by atoms with Crippen LogP contribution in [0.15, 0.2) is 0 Å². The Labute approximate surface area is 130 Å². The fourth-order valence-electron chi connectivity index (χ4n) is 2.60. The normalized spacial score (nSPS) is 51.7. The molecule has 136 valence electrons. The van der Waals surface area contributed by atoms with Gasteiger partial charge in [0.05, 0.1) is 13.2 Å². The van der Waals surface area contributed by atoms with Crippen LogP contribution in [0.25, 0.3) is 0 Å². The van der Waals surface area contributed by atoms with Crippen LogP contribution < -0.4 is 0 Å². The van der Waals surface area contributed by atoms with Crippen molar-refractivity contribution in [3.8, 4) is 0 Å². The first-order valence-corrected chi connectivity index (χ1v) is 7.04. The molecular formula is C12H22O11. The second-order valence-corrected chi connectivity index (χ2v) is 5.60. The summed E-state index contributed by atoms with van der Waals surface area (Å²) >= 11 is 0. The molecule has 0 aromatic rings. The van der Waals surface area contributed by atoms with Gasteiger partial charge in [0.1, 0.15) is 49.3 Å². The predicted octanol–water partition coefficient (Wildman–Crippen LogP) is -5.40. The Balaban J connectivity index is 2.22. The van der Waals surface area contributed by atoms with Gasteiger partial charge in [0.15, 0.2) is 6.29 Å². The highest BCUT2D eigenvalue weighted by molar-refractivity contribution is 4.97. The first kappa shape index (κ1) is 18.9. The van der Waals surface area contributed by atoms with Gasteiger partial charge in [0.25, 0.3) is 0 Å². The number of aliphatic hydroxyl groups excluding tert-OH is 8. The first-order valence-electron chi connectivity index (χ1n) is 7.04. The SMILES string of the molecule is OC[C@H]1O[C@H](O)[C@H](O)[C@@H](O)[C@H]1O[C@]1(CO)OC[C@@H](O)[C@@H](O)[C@@H]1O. The zero-order valence-electron chi connectivity index (χ0n) is 12.0. The summed E-state index contributed by atoms with van der Waals surface area (Å²) in [4.78, 5) is 0. The molecule has 0 aromatic heterocycles. The number of rotatable bonds is 4. The van der Waals surface area contributed by atoms with Crippen LogP contribution in [0.4, 0.5) is 0 Å². The van der Waals surface area contributed by atoms with Gasteiger partial charge in [-0.05, 0) is 0 Å². The van der Waals surface area contributed by atoms with Crippen LogP contribution in [0.2, 0.25) is 0 Å². The standard InChI is InChI=1S/C12H22O11/c13-1-5-9(7(17)8(18)11(20)22-5)23-12(3-14)10(19)6(16)4(15)2-21-12/h4-11,13-20H,1-3H2/t4-,5-,6-,7-,8-,9+,10+,11+,12+/m1/s1. The molecule has 0 unspecified atom stereocenters. The van der Waals surface area contributed by atoms with E-state index in [0.29, 0.717) is 0 Å². The third-order valence-electron chi connectivity index (χ3n) is 4.06. The topological polar surface area (TPSA) is 190 Å². The average Bonchev–Trinajstić information content (AvgIpc) is 2.55. The Kier molecular flexibility index (Phi) is 5.92. The van der Waals surface area contributed by atoms with Crippen LogP contribution in [0.5, 0.6) is 0 Å². The highest BCUT2D eigenvalue weighted by atomic mass is 16.7. The van der Waals surface area contributed by atoms with E-state index in [-0.39, 0.29) is 0 Å². The largest absolute Gasteiger partial charge is 0.394 e. The predicted molar refractivity (Wildman–Crippen MR) is 68.6 cm³/mol. The Bertz CT molecular complexity index is 393. The fourth-order valence-corrected chi connectivity index (χ4v) is 2.60. The molecule has 0 saturated carbocycles. The van der Waals surface area contributed by atoms with Crippen molar-refractivity contribution in [3.05, 3.63) is 0 Å². The van der Waals surface area contributed by atoms with Crippen molar-refractivity contribution in [1.82, 2.24) is 0 Å². The molecule has 11 heteroatoms. The molecule has 0 bridgehead atoms. The van der Waals surface area contributed by atoms with E-state index in [1.807, 2.05) is 0 Å². The van der Waals surface area contributed by atoms with Gasteiger partial charge in [-0.3, -0.25) is 0 Å². The van der Waals surface area contributed by atoms with Crippen molar-refractivity contribution in [2.75, 3.05) is 19.8 Å². The summed E-state index contributed by atoms with van der Waals surface area (Å²) in [6, 6.07) is 0. The lowest BCUT2D eigenvalue weighted by Gasteiger charge is -2.48. The van der Waals surface area contributed by atoms with Gasteiger partial charge in [-0.2, -0.15) is 0 Å². The molecule has 0 radical (unpaired) electrons. The molecule has 2 rings (SSSR count). The van der Waals surface area contributed by atoms with Crippen LogP contribution in [-0.2, 0) is 14.2 Å². The molecule has 2 saturated heterocycles. The minimum Gasteiger partial charge on any atom is -0.394 e. The van der Waals surface area contributed by atoms with Gasteiger partial charge in [0, 0.05) is 0 Å². The smallest absolute Gasteiger partial charge is 0.221 e. The lowest BCUT2D eigenvalue weighted by Crippen LogP contribution is -2.68. The maximum absolute atomic E-state index is 10.0. The molecule has 11 nitrogen and oxygen atoms in total. The van der Waals surface area contributed by atoms with Gasteiger partial charge in [-0.25, -0.2) is 0 Å². The number of hydrogen-bond acceptors (Lipinski definition) is 11. The van der Waals surface area contributed by atoms with E-state index in [9.17, 15) is 40.9 Å². The van der Waals surface area contributed by atoms with E-state index >= 15 is 0 Å². The van der Waals surface area contributed by atoms with E-state index in [2.05, 4.69) is 0 Å². The van der Waals surface area contributed by atoms with Crippen molar-refractivity contribution in [2.24, 2.45) is 0 Å². The maximum atomic E-state index is 10.0. The van der Waals surface area contributed by atoms with Crippen LogP contribution in [0.3, 0.4) is 0 Å². The third kappa shape index (κ3) is 3.36. The summed E-state index contributed by atoms with van der Waals surface area (Å²) < 4.78 is 15.3. The maximum Gasteiger partial charge on any atom is 0.221 e. The minimum absolute atomic E-state index is 0.475. The molecular weight excluding hydrogens is 320 g/mol. The van der Waals surface area contributed by atoms with Gasteiger partial charge >= 0.3 is 0 Å². The number of ether oxygens (including phenoxy) is 3. The molecule has 0 aromatic carbocycles. The van der Waals surface area contributed by atoms with E-state index < -0.39 is 74.6 Å². The highest BCUT2D eigenvalue weighted by Gasteiger charge is 2.55. The van der Waals surface area contributed by atoms with Gasteiger partial charge in [-0.1, -0.05) is 0 Å². The zero-order valence-corrected chi connectivity index (χ0v) is 12.0. The highest BCUT2D eigenvalue weighted by Crippen LogP contribution is 2.33. The Hall–Kier alpha value is -0.440. The molecule has 2 aliphatic rings. The van der Waals surface area contributed by atoms with Gasteiger partial charge in [-0.15, -0.1) is 0 Å². The lowest BCUT2D eigenvalue weighted by atomic mass is 9.94. The van der Waals surface area contributed by atoms with Gasteiger partial charge in [0.2, 0.25) is 5.79 Å². The van der Waals surface area contributed by atoms with Crippen LogP contribution in [-0.4, -0.2) is 115 Å². The van der Waals surface area contributed by atoms with Crippen molar-refractivity contribution < 1.29 is 55.1 Å². The van der Waals surface area contributed by atoms with Crippen molar-refractivity contribution in [3.63, 3.8) is 0 Å². The Morgan fingerprint density at radius 2 is 1.61 bits per heavy atom. The van der Waals surface area contributed by atoms with Crippen LogP contribution >= 0.6 is 0 Å². The zero-order chi connectivity index (χ0) is 17.4. The van der Waals surface area contributed by atoms with Crippen molar-refractivity contribution in [1.29, 1.82) is 0 Å². The summed E-state index contributed by atoms with van der Waals surface area (Å²) in [5.74, 6) is -2.22. The monoisotopic (exact) mass is 342 g/mol.